The van der Waals surface area contributed by atoms with Gasteiger partial charge in [-0.15, -0.1) is 0 Å². The van der Waals surface area contributed by atoms with Crippen LogP contribution in [0.15, 0.2) is 18.2 Å². The molecule has 0 saturated heterocycles. The average Bonchev–Trinajstić information content (AvgIpc) is 2.23. The minimum absolute atomic E-state index is 0.180. The van der Waals surface area contributed by atoms with E-state index < -0.39 is 12.1 Å². The zero-order valence-electron chi connectivity index (χ0n) is 10.4. The first kappa shape index (κ1) is 13.7. The molecular weight excluding hydrogens is 216 g/mol. The highest BCUT2D eigenvalue weighted by Crippen LogP contribution is 2.23. The number of hydrogen-bond donors (Lipinski definition) is 2. The molecule has 0 radical (unpaired) electrons. The van der Waals surface area contributed by atoms with Crippen LogP contribution in [0.1, 0.15) is 48.5 Å². The van der Waals surface area contributed by atoms with Crippen LogP contribution in [0.5, 0.6) is 0 Å². The number of carboxylic acids is 1. The number of rotatable bonds is 6. The van der Waals surface area contributed by atoms with Crippen molar-refractivity contribution in [2.45, 2.75) is 45.6 Å². The Hall–Kier alpha value is -1.35. The lowest BCUT2D eigenvalue weighted by molar-refractivity contribution is -0.137. The average molecular weight is 236 g/mol. The molecule has 1 aromatic carbocycles. The van der Waals surface area contributed by atoms with E-state index in [0.717, 1.165) is 17.5 Å². The van der Waals surface area contributed by atoms with E-state index in [2.05, 4.69) is 6.07 Å². The topological polar surface area (TPSA) is 57.5 Å². The maximum atomic E-state index is 10.3. The lowest BCUT2D eigenvalue weighted by Gasteiger charge is -2.14. The van der Waals surface area contributed by atoms with Gasteiger partial charge in [0.25, 0.3) is 0 Å². The number of unbranched alkanes of at least 4 members (excludes halogenated alkanes) is 1. The molecule has 1 aromatic rings. The predicted octanol–water partition coefficient (Wildman–Crippen LogP) is 2.98. The van der Waals surface area contributed by atoms with Gasteiger partial charge in [-0.3, -0.25) is 4.79 Å². The van der Waals surface area contributed by atoms with Crippen LogP contribution >= 0.6 is 0 Å². The van der Waals surface area contributed by atoms with Gasteiger partial charge < -0.3 is 10.2 Å². The smallest absolute Gasteiger partial charge is 0.303 e. The molecule has 1 rings (SSSR count). The van der Waals surface area contributed by atoms with Crippen molar-refractivity contribution in [3.63, 3.8) is 0 Å². The van der Waals surface area contributed by atoms with Crippen LogP contribution in [0.25, 0.3) is 0 Å². The van der Waals surface area contributed by atoms with Crippen molar-refractivity contribution in [3.05, 3.63) is 34.9 Å². The molecule has 0 aliphatic carbocycles. The Balaban J connectivity index is 2.46. The SMILES string of the molecule is Cc1ccc(C(O)CCCCC(=O)O)c(C)c1. The Labute approximate surface area is 102 Å². The molecule has 1 unspecified atom stereocenters. The molecule has 0 amide bonds. The van der Waals surface area contributed by atoms with E-state index in [4.69, 9.17) is 5.11 Å². The first-order valence-electron chi connectivity index (χ1n) is 5.97. The molecule has 0 aliphatic rings. The van der Waals surface area contributed by atoms with Crippen LogP contribution in [0.3, 0.4) is 0 Å². The summed E-state index contributed by atoms with van der Waals surface area (Å²) in [4.78, 5) is 10.3. The van der Waals surface area contributed by atoms with Crippen molar-refractivity contribution in [2.24, 2.45) is 0 Å². The Morgan fingerprint density at radius 3 is 2.59 bits per heavy atom. The van der Waals surface area contributed by atoms with Gasteiger partial charge in [-0.1, -0.05) is 23.8 Å². The second kappa shape index (κ2) is 6.40. The van der Waals surface area contributed by atoms with Gasteiger partial charge in [-0.05, 0) is 44.2 Å². The van der Waals surface area contributed by atoms with Crippen molar-refractivity contribution >= 4 is 5.97 Å². The van der Waals surface area contributed by atoms with Crippen molar-refractivity contribution in [1.82, 2.24) is 0 Å². The van der Waals surface area contributed by atoms with E-state index in [-0.39, 0.29) is 6.42 Å². The summed E-state index contributed by atoms with van der Waals surface area (Å²) in [6.07, 6.45) is 1.68. The van der Waals surface area contributed by atoms with Gasteiger partial charge in [0, 0.05) is 6.42 Å². The quantitative estimate of drug-likeness (QED) is 0.746. The summed E-state index contributed by atoms with van der Waals surface area (Å²) in [5.74, 6) is -0.772. The summed E-state index contributed by atoms with van der Waals surface area (Å²) in [5, 5.41) is 18.5. The number of carbonyl (C=O) groups is 1. The molecule has 0 aliphatic heterocycles. The standard InChI is InChI=1S/C14H20O3/c1-10-7-8-12(11(2)9-10)13(15)5-3-4-6-14(16)17/h7-9,13,15H,3-6H2,1-2H3,(H,16,17). The minimum Gasteiger partial charge on any atom is -0.481 e. The number of benzene rings is 1. The molecule has 1 atom stereocenters. The van der Waals surface area contributed by atoms with Crippen molar-refractivity contribution < 1.29 is 15.0 Å². The third-order valence-corrected chi connectivity index (χ3v) is 2.90. The molecule has 3 nitrogen and oxygen atoms in total. The second-order valence-electron chi connectivity index (χ2n) is 4.52. The minimum atomic E-state index is -0.772. The summed E-state index contributed by atoms with van der Waals surface area (Å²) >= 11 is 0. The van der Waals surface area contributed by atoms with E-state index in [9.17, 15) is 9.90 Å². The Bertz CT molecular complexity index is 385. The first-order chi connectivity index (χ1) is 8.00. The van der Waals surface area contributed by atoms with E-state index in [1.54, 1.807) is 0 Å². The highest BCUT2D eigenvalue weighted by molar-refractivity contribution is 5.66. The maximum absolute atomic E-state index is 10.3. The number of carboxylic acid groups (broad SMARTS) is 1. The molecule has 2 N–H and O–H groups in total. The van der Waals surface area contributed by atoms with E-state index >= 15 is 0 Å². The van der Waals surface area contributed by atoms with Gasteiger partial charge in [-0.25, -0.2) is 0 Å². The van der Waals surface area contributed by atoms with Crippen molar-refractivity contribution in [2.75, 3.05) is 0 Å². The van der Waals surface area contributed by atoms with Gasteiger partial charge in [0.2, 0.25) is 0 Å². The number of aliphatic hydroxyl groups is 1. The highest BCUT2D eigenvalue weighted by Gasteiger charge is 2.10. The summed E-state index contributed by atoms with van der Waals surface area (Å²) < 4.78 is 0. The zero-order valence-corrected chi connectivity index (χ0v) is 10.4. The van der Waals surface area contributed by atoms with Crippen LogP contribution < -0.4 is 0 Å². The third kappa shape index (κ3) is 4.57. The molecule has 0 bridgehead atoms. The lowest BCUT2D eigenvalue weighted by atomic mass is 9.97. The molecule has 94 valence electrons. The molecule has 0 saturated carbocycles. The first-order valence-corrected chi connectivity index (χ1v) is 5.97. The Morgan fingerprint density at radius 1 is 1.29 bits per heavy atom. The monoisotopic (exact) mass is 236 g/mol. The van der Waals surface area contributed by atoms with E-state index in [0.29, 0.717) is 12.8 Å². The van der Waals surface area contributed by atoms with Gasteiger partial charge in [-0.2, -0.15) is 0 Å². The van der Waals surface area contributed by atoms with Gasteiger partial charge in [0.05, 0.1) is 6.10 Å². The second-order valence-corrected chi connectivity index (χ2v) is 4.52. The van der Waals surface area contributed by atoms with Crippen LogP contribution in [0.2, 0.25) is 0 Å². The molecule has 0 heterocycles. The zero-order chi connectivity index (χ0) is 12.8. The molecule has 0 fully saturated rings. The molecule has 17 heavy (non-hydrogen) atoms. The predicted molar refractivity (Wildman–Crippen MR) is 67.0 cm³/mol. The highest BCUT2D eigenvalue weighted by atomic mass is 16.4. The Morgan fingerprint density at radius 2 is 2.00 bits per heavy atom. The van der Waals surface area contributed by atoms with Gasteiger partial charge in [0.1, 0.15) is 0 Å². The lowest BCUT2D eigenvalue weighted by Crippen LogP contribution is -2.01. The van der Waals surface area contributed by atoms with Crippen molar-refractivity contribution in [1.29, 1.82) is 0 Å². The fourth-order valence-electron chi connectivity index (χ4n) is 1.97. The van der Waals surface area contributed by atoms with Crippen molar-refractivity contribution in [3.8, 4) is 0 Å². The fourth-order valence-corrected chi connectivity index (χ4v) is 1.97. The Kier molecular flexibility index (Phi) is 5.16. The summed E-state index contributed by atoms with van der Waals surface area (Å²) in [7, 11) is 0. The summed E-state index contributed by atoms with van der Waals surface area (Å²) in [5.41, 5.74) is 3.23. The maximum Gasteiger partial charge on any atom is 0.303 e. The van der Waals surface area contributed by atoms with Crippen LogP contribution in [0, 0.1) is 13.8 Å². The third-order valence-electron chi connectivity index (χ3n) is 2.90. The van der Waals surface area contributed by atoms with Gasteiger partial charge in [0.15, 0.2) is 0 Å². The van der Waals surface area contributed by atoms with Crippen LogP contribution in [-0.4, -0.2) is 16.2 Å². The number of aliphatic hydroxyl groups excluding tert-OH is 1. The number of aliphatic carboxylic acids is 1. The molecule has 3 heteroatoms. The molecule has 0 aromatic heterocycles. The van der Waals surface area contributed by atoms with Crippen LogP contribution in [-0.2, 0) is 4.79 Å². The summed E-state index contributed by atoms with van der Waals surface area (Å²) in [6, 6.07) is 5.99. The van der Waals surface area contributed by atoms with E-state index in [1.807, 2.05) is 26.0 Å². The number of aryl methyl sites for hydroxylation is 2. The number of hydrogen-bond acceptors (Lipinski definition) is 2. The van der Waals surface area contributed by atoms with Crippen LogP contribution in [0.4, 0.5) is 0 Å². The normalized spacial score (nSPS) is 12.4. The van der Waals surface area contributed by atoms with Gasteiger partial charge >= 0.3 is 5.97 Å². The molecular formula is C14H20O3. The largest absolute Gasteiger partial charge is 0.481 e. The summed E-state index contributed by atoms with van der Waals surface area (Å²) in [6.45, 7) is 4.01. The molecule has 0 spiro atoms. The van der Waals surface area contributed by atoms with E-state index in [1.165, 1.54) is 5.56 Å². The fraction of sp³-hybridized carbons (Fsp3) is 0.500.